The lowest BCUT2D eigenvalue weighted by atomic mass is 10.1. The van der Waals surface area contributed by atoms with E-state index in [9.17, 15) is 9.18 Å². The molecule has 2 N–H and O–H groups in total. The highest BCUT2D eigenvalue weighted by atomic mass is 19.1. The molecule has 29 heavy (non-hydrogen) atoms. The Bertz CT molecular complexity index is 1010. The largest absolute Gasteiger partial charge is 0.493 e. The van der Waals surface area contributed by atoms with Crippen LogP contribution in [0.1, 0.15) is 16.1 Å². The monoisotopic (exact) mass is 398 g/mol. The molecule has 0 fully saturated rings. The van der Waals surface area contributed by atoms with Crippen LogP contribution in [0.4, 0.5) is 4.39 Å². The molecule has 150 valence electrons. The molecule has 0 aliphatic carbocycles. The number of hydrazone groups is 1. The summed E-state index contributed by atoms with van der Waals surface area (Å²) in [7, 11) is 4.53. The molecule has 2 aromatic carbocycles. The van der Waals surface area contributed by atoms with Crippen molar-refractivity contribution in [1.82, 2.24) is 15.6 Å². The summed E-state index contributed by atoms with van der Waals surface area (Å²) in [6, 6.07) is 10.7. The highest BCUT2D eigenvalue weighted by Gasteiger charge is 2.13. The summed E-state index contributed by atoms with van der Waals surface area (Å²) in [5.41, 5.74) is 4.46. The number of hydrogen-bond acceptors (Lipinski definition) is 6. The van der Waals surface area contributed by atoms with Crippen LogP contribution >= 0.6 is 0 Å². The number of aromatic amines is 1. The van der Waals surface area contributed by atoms with Gasteiger partial charge in [0.15, 0.2) is 11.5 Å². The second kappa shape index (κ2) is 8.87. The Morgan fingerprint density at radius 3 is 2.31 bits per heavy atom. The molecule has 0 saturated heterocycles. The van der Waals surface area contributed by atoms with Crippen LogP contribution in [0.3, 0.4) is 0 Å². The third-order valence-corrected chi connectivity index (χ3v) is 4.03. The standard InChI is InChI=1S/C20H19FN4O4/c1-27-17-8-12(9-18(28-2)19(17)29-3)11-22-25-20(26)16-10-15(23-24-16)13-4-6-14(21)7-5-13/h4-11H,1-3H3,(H,23,24)(H,25,26)/b22-11-. The Kier molecular flexibility index (Phi) is 6.08. The third-order valence-electron chi connectivity index (χ3n) is 4.03. The fourth-order valence-corrected chi connectivity index (χ4v) is 2.61. The predicted molar refractivity (Wildman–Crippen MR) is 105 cm³/mol. The third kappa shape index (κ3) is 4.52. The van der Waals surface area contributed by atoms with Crippen molar-refractivity contribution in [1.29, 1.82) is 0 Å². The van der Waals surface area contributed by atoms with Gasteiger partial charge >= 0.3 is 0 Å². The zero-order valence-electron chi connectivity index (χ0n) is 16.0. The number of nitrogens with zero attached hydrogens (tertiary/aromatic N) is 2. The maximum atomic E-state index is 13.0. The number of halogens is 1. The first-order valence-electron chi connectivity index (χ1n) is 8.50. The minimum atomic E-state index is -0.477. The summed E-state index contributed by atoms with van der Waals surface area (Å²) in [5.74, 6) is 0.578. The number of amides is 1. The molecule has 1 amide bonds. The Morgan fingerprint density at radius 1 is 1.07 bits per heavy atom. The first-order chi connectivity index (χ1) is 14.0. The topological polar surface area (TPSA) is 97.8 Å². The molecule has 0 radical (unpaired) electrons. The fourth-order valence-electron chi connectivity index (χ4n) is 2.61. The van der Waals surface area contributed by atoms with Crippen LogP contribution in [0.25, 0.3) is 11.3 Å². The van der Waals surface area contributed by atoms with E-state index in [-0.39, 0.29) is 11.5 Å². The summed E-state index contributed by atoms with van der Waals surface area (Å²) < 4.78 is 28.8. The van der Waals surface area contributed by atoms with Crippen LogP contribution in [-0.4, -0.2) is 43.6 Å². The van der Waals surface area contributed by atoms with Crippen molar-refractivity contribution >= 4 is 12.1 Å². The van der Waals surface area contributed by atoms with Gasteiger partial charge in [-0.15, -0.1) is 0 Å². The van der Waals surface area contributed by atoms with E-state index in [2.05, 4.69) is 20.7 Å². The average Bonchev–Trinajstić information content (AvgIpc) is 3.23. The quantitative estimate of drug-likeness (QED) is 0.471. The molecular weight excluding hydrogens is 379 g/mol. The Balaban J connectivity index is 1.71. The van der Waals surface area contributed by atoms with Gasteiger partial charge in [0.1, 0.15) is 11.5 Å². The number of carbonyl (C=O) groups is 1. The first kappa shape index (κ1) is 19.9. The molecule has 0 unspecified atom stereocenters. The molecule has 0 aliphatic heterocycles. The van der Waals surface area contributed by atoms with E-state index in [0.29, 0.717) is 34.1 Å². The lowest BCUT2D eigenvalue weighted by Crippen LogP contribution is -2.18. The van der Waals surface area contributed by atoms with Gasteiger partial charge in [0.25, 0.3) is 5.91 Å². The fraction of sp³-hybridized carbons (Fsp3) is 0.150. The minimum absolute atomic E-state index is 0.214. The van der Waals surface area contributed by atoms with Gasteiger partial charge in [-0.05, 0) is 42.5 Å². The lowest BCUT2D eigenvalue weighted by Gasteiger charge is -2.12. The number of rotatable bonds is 7. The Labute approximate surface area is 166 Å². The molecule has 1 aromatic heterocycles. The second-order valence-electron chi connectivity index (χ2n) is 5.83. The summed E-state index contributed by atoms with van der Waals surface area (Å²) in [6.45, 7) is 0. The van der Waals surface area contributed by atoms with Gasteiger partial charge in [0.2, 0.25) is 5.75 Å². The van der Waals surface area contributed by atoms with Crippen LogP contribution in [0.2, 0.25) is 0 Å². The highest BCUT2D eigenvalue weighted by Crippen LogP contribution is 2.37. The van der Waals surface area contributed by atoms with Crippen molar-refractivity contribution < 1.29 is 23.4 Å². The van der Waals surface area contributed by atoms with E-state index in [1.165, 1.54) is 39.7 Å². The van der Waals surface area contributed by atoms with Gasteiger partial charge in [0, 0.05) is 11.1 Å². The van der Waals surface area contributed by atoms with Gasteiger partial charge in [-0.3, -0.25) is 9.89 Å². The SMILES string of the molecule is COc1cc(/C=N\NC(=O)c2cc(-c3ccc(F)cc3)n[nH]2)cc(OC)c1OC. The maximum Gasteiger partial charge on any atom is 0.289 e. The van der Waals surface area contributed by atoms with Crippen LogP contribution < -0.4 is 19.6 Å². The average molecular weight is 398 g/mol. The molecule has 0 spiro atoms. The number of nitrogens with one attached hydrogen (secondary N) is 2. The zero-order valence-corrected chi connectivity index (χ0v) is 16.0. The predicted octanol–water partition coefficient (Wildman–Crippen LogP) is 3.01. The molecule has 0 aliphatic rings. The van der Waals surface area contributed by atoms with E-state index in [4.69, 9.17) is 14.2 Å². The molecule has 3 aromatic rings. The smallest absolute Gasteiger partial charge is 0.289 e. The molecule has 0 atom stereocenters. The van der Waals surface area contributed by atoms with E-state index >= 15 is 0 Å². The number of carbonyl (C=O) groups excluding carboxylic acids is 1. The van der Waals surface area contributed by atoms with E-state index in [0.717, 1.165) is 0 Å². The molecule has 3 rings (SSSR count). The number of benzene rings is 2. The normalized spacial score (nSPS) is 10.8. The van der Waals surface area contributed by atoms with Gasteiger partial charge < -0.3 is 14.2 Å². The van der Waals surface area contributed by atoms with Gasteiger partial charge in [-0.25, -0.2) is 9.82 Å². The van der Waals surface area contributed by atoms with E-state index < -0.39 is 5.91 Å². The number of methoxy groups -OCH3 is 3. The summed E-state index contributed by atoms with van der Waals surface area (Å²) in [4.78, 5) is 12.3. The van der Waals surface area contributed by atoms with Crippen LogP contribution in [0.15, 0.2) is 47.6 Å². The number of hydrogen-bond donors (Lipinski definition) is 2. The van der Waals surface area contributed by atoms with Gasteiger partial charge in [0.05, 0.1) is 33.2 Å². The Hall–Kier alpha value is -3.88. The maximum absolute atomic E-state index is 13.0. The number of H-pyrrole nitrogens is 1. The summed E-state index contributed by atoms with van der Waals surface area (Å²) in [5, 5.41) is 10.6. The molecule has 0 saturated carbocycles. The lowest BCUT2D eigenvalue weighted by molar-refractivity contribution is 0.0950. The van der Waals surface area contributed by atoms with E-state index in [1.807, 2.05) is 0 Å². The van der Waals surface area contributed by atoms with Gasteiger partial charge in [-0.1, -0.05) is 0 Å². The molecule has 8 nitrogen and oxygen atoms in total. The summed E-state index contributed by atoms with van der Waals surface area (Å²) in [6.07, 6.45) is 1.44. The molecular formula is C20H19FN4O4. The Morgan fingerprint density at radius 2 is 1.72 bits per heavy atom. The van der Waals surface area contributed by atoms with Crippen LogP contribution in [0, 0.1) is 5.82 Å². The van der Waals surface area contributed by atoms with E-state index in [1.54, 1.807) is 30.3 Å². The van der Waals surface area contributed by atoms with Gasteiger partial charge in [-0.2, -0.15) is 10.2 Å². The van der Waals surface area contributed by atoms with Crippen LogP contribution in [0.5, 0.6) is 17.2 Å². The van der Waals surface area contributed by atoms with Crippen molar-refractivity contribution in [2.75, 3.05) is 21.3 Å². The zero-order chi connectivity index (χ0) is 20.8. The molecule has 9 heteroatoms. The second-order valence-corrected chi connectivity index (χ2v) is 5.83. The molecule has 0 bridgehead atoms. The highest BCUT2D eigenvalue weighted by molar-refractivity contribution is 5.94. The van der Waals surface area contributed by atoms with Crippen molar-refractivity contribution in [3.8, 4) is 28.5 Å². The number of ether oxygens (including phenoxy) is 3. The molecule has 1 heterocycles. The van der Waals surface area contributed by atoms with Crippen molar-refractivity contribution in [3.63, 3.8) is 0 Å². The van der Waals surface area contributed by atoms with Crippen LogP contribution in [-0.2, 0) is 0 Å². The minimum Gasteiger partial charge on any atom is -0.493 e. The van der Waals surface area contributed by atoms with Crippen molar-refractivity contribution in [3.05, 3.63) is 59.5 Å². The number of aromatic nitrogens is 2. The summed E-state index contributed by atoms with van der Waals surface area (Å²) >= 11 is 0. The van der Waals surface area contributed by atoms with Crippen molar-refractivity contribution in [2.45, 2.75) is 0 Å². The van der Waals surface area contributed by atoms with Crippen molar-refractivity contribution in [2.24, 2.45) is 5.10 Å². The first-order valence-corrected chi connectivity index (χ1v) is 8.50.